The Labute approximate surface area is 157 Å². The Bertz CT molecular complexity index is 745. The van der Waals surface area contributed by atoms with Gasteiger partial charge in [0, 0.05) is 23.8 Å². The van der Waals surface area contributed by atoms with Crippen molar-refractivity contribution in [3.8, 4) is 0 Å². The van der Waals surface area contributed by atoms with Crippen LogP contribution in [0.4, 0.5) is 0 Å². The quantitative estimate of drug-likeness (QED) is 0.370. The van der Waals surface area contributed by atoms with E-state index in [1.165, 1.54) is 6.08 Å². The first-order valence-corrected chi connectivity index (χ1v) is 8.82. The Balaban J connectivity index is 1.96. The predicted molar refractivity (Wildman–Crippen MR) is 95.1 cm³/mol. The largest absolute Gasteiger partial charge is 0.458 e. The molecule has 1 aliphatic heterocycles. The summed E-state index contributed by atoms with van der Waals surface area (Å²) in [6, 6.07) is 0. The van der Waals surface area contributed by atoms with Gasteiger partial charge < -0.3 is 24.8 Å². The van der Waals surface area contributed by atoms with E-state index in [0.717, 1.165) is 5.57 Å². The van der Waals surface area contributed by atoms with E-state index in [1.54, 1.807) is 13.0 Å². The number of aliphatic hydroxyl groups is 3. The maximum absolute atomic E-state index is 12.4. The van der Waals surface area contributed by atoms with Crippen LogP contribution in [0, 0.1) is 17.8 Å². The molecule has 0 aromatic rings. The summed E-state index contributed by atoms with van der Waals surface area (Å²) in [6.45, 7) is 8.54. The molecule has 1 saturated heterocycles. The second kappa shape index (κ2) is 7.07. The number of hydrogen-bond donors (Lipinski definition) is 3. The van der Waals surface area contributed by atoms with Gasteiger partial charge in [0.05, 0.1) is 30.3 Å². The molecule has 2 fully saturated rings. The second-order valence-electron chi connectivity index (χ2n) is 7.43. The van der Waals surface area contributed by atoms with Gasteiger partial charge in [-0.1, -0.05) is 30.9 Å². The first-order chi connectivity index (χ1) is 12.7. The van der Waals surface area contributed by atoms with Gasteiger partial charge in [-0.25, -0.2) is 9.59 Å². The number of fused-ring (bicyclic) bond motifs is 3. The summed E-state index contributed by atoms with van der Waals surface area (Å²) in [5, 5.41) is 29.1. The Hall–Kier alpha value is -2.22. The highest BCUT2D eigenvalue weighted by Crippen LogP contribution is 2.51. The molecule has 0 aromatic carbocycles. The van der Waals surface area contributed by atoms with Crippen LogP contribution in [0.3, 0.4) is 0 Å². The number of rotatable bonds is 4. The van der Waals surface area contributed by atoms with Gasteiger partial charge in [-0.05, 0) is 13.0 Å². The van der Waals surface area contributed by atoms with E-state index in [2.05, 4.69) is 13.2 Å². The fourth-order valence-corrected chi connectivity index (χ4v) is 4.33. The molecule has 3 N–H and O–H groups in total. The average molecular weight is 376 g/mol. The molecule has 3 rings (SSSR count). The minimum absolute atomic E-state index is 0.0770. The highest BCUT2D eigenvalue weighted by molar-refractivity contribution is 5.92. The highest BCUT2D eigenvalue weighted by atomic mass is 16.6. The minimum Gasteiger partial charge on any atom is -0.458 e. The maximum Gasteiger partial charge on any atom is 0.336 e. The van der Waals surface area contributed by atoms with E-state index in [9.17, 15) is 19.8 Å². The number of carbonyl (C=O) groups is 2. The molecule has 0 radical (unpaired) electrons. The molecule has 1 heterocycles. The molecule has 0 unspecified atom stereocenters. The van der Waals surface area contributed by atoms with Crippen LogP contribution < -0.4 is 0 Å². The molecule has 3 aliphatic rings. The summed E-state index contributed by atoms with van der Waals surface area (Å²) in [5.74, 6) is -2.67. The van der Waals surface area contributed by atoms with Crippen molar-refractivity contribution in [1.29, 1.82) is 0 Å². The lowest BCUT2D eigenvalue weighted by atomic mass is 9.76. The Kier molecular flexibility index (Phi) is 5.12. The van der Waals surface area contributed by atoms with Gasteiger partial charge in [0.1, 0.15) is 12.2 Å². The van der Waals surface area contributed by atoms with E-state index >= 15 is 0 Å². The first kappa shape index (κ1) is 19.5. The Morgan fingerprint density at radius 1 is 1.44 bits per heavy atom. The number of esters is 2. The summed E-state index contributed by atoms with van der Waals surface area (Å²) in [4.78, 5) is 24.6. The van der Waals surface area contributed by atoms with Crippen molar-refractivity contribution in [3.05, 3.63) is 48.1 Å². The van der Waals surface area contributed by atoms with Gasteiger partial charge in [-0.2, -0.15) is 0 Å². The van der Waals surface area contributed by atoms with Crippen molar-refractivity contribution in [2.45, 2.75) is 31.2 Å². The third-order valence-electron chi connectivity index (χ3n) is 5.68. The topological polar surface area (TPSA) is 113 Å². The van der Waals surface area contributed by atoms with Crippen molar-refractivity contribution >= 4 is 11.9 Å². The number of ether oxygens (including phenoxy) is 2. The average Bonchev–Trinajstić information content (AvgIpc) is 3.03. The van der Waals surface area contributed by atoms with Crippen LogP contribution in [0.25, 0.3) is 0 Å². The second-order valence-corrected chi connectivity index (χ2v) is 7.43. The molecule has 0 bridgehead atoms. The lowest BCUT2D eigenvalue weighted by molar-refractivity contribution is -0.151. The van der Waals surface area contributed by atoms with Gasteiger partial charge >= 0.3 is 11.9 Å². The van der Waals surface area contributed by atoms with E-state index in [-0.39, 0.29) is 23.5 Å². The minimum atomic E-state index is -1.20. The van der Waals surface area contributed by atoms with Gasteiger partial charge in [-0.3, -0.25) is 0 Å². The molecule has 7 heteroatoms. The number of carbonyl (C=O) groups excluding carboxylic acids is 2. The van der Waals surface area contributed by atoms with Crippen molar-refractivity contribution in [3.63, 3.8) is 0 Å². The maximum atomic E-state index is 12.4. The Morgan fingerprint density at radius 2 is 2.15 bits per heavy atom. The first-order valence-electron chi connectivity index (χ1n) is 8.82. The van der Waals surface area contributed by atoms with E-state index in [1.807, 2.05) is 6.08 Å². The van der Waals surface area contributed by atoms with Gasteiger partial charge in [-0.15, -0.1) is 0 Å². The molecule has 0 spiro atoms. The zero-order chi connectivity index (χ0) is 19.9. The van der Waals surface area contributed by atoms with E-state index < -0.39 is 54.8 Å². The summed E-state index contributed by atoms with van der Waals surface area (Å²) in [5.41, 5.74) is -0.341. The summed E-state index contributed by atoms with van der Waals surface area (Å²) < 4.78 is 11.1. The van der Waals surface area contributed by atoms with E-state index in [0.29, 0.717) is 0 Å². The standard InChI is InChI=1S/C20H24O7/c1-10-8-14(26-19(24)12(9-22)5-7-21)15-11(2)18(23)27-17(15)16-13(10)4-6-20(16,3)25/h4-6,13-17,21-22,25H,1-2,7-9H2,3H3/b12-5+/t13-,14+,15+,16-,17-,20-/m0/s1. The fraction of sp³-hybridized carbons (Fsp3) is 0.500. The fourth-order valence-electron chi connectivity index (χ4n) is 4.33. The molecule has 0 aromatic heterocycles. The van der Waals surface area contributed by atoms with Gasteiger partial charge in [0.2, 0.25) is 0 Å². The van der Waals surface area contributed by atoms with Crippen LogP contribution in [0.15, 0.2) is 48.1 Å². The smallest absolute Gasteiger partial charge is 0.336 e. The van der Waals surface area contributed by atoms with Crippen LogP contribution in [0.2, 0.25) is 0 Å². The van der Waals surface area contributed by atoms with Gasteiger partial charge in [0.25, 0.3) is 0 Å². The Morgan fingerprint density at radius 3 is 2.78 bits per heavy atom. The number of aliphatic hydroxyl groups excluding tert-OH is 2. The van der Waals surface area contributed by atoms with Crippen LogP contribution >= 0.6 is 0 Å². The van der Waals surface area contributed by atoms with Crippen molar-refractivity contribution in [2.75, 3.05) is 13.2 Å². The molecule has 27 heavy (non-hydrogen) atoms. The predicted octanol–water partition coefficient (Wildman–Crippen LogP) is 0.420. The van der Waals surface area contributed by atoms with Crippen molar-refractivity contribution in [1.82, 2.24) is 0 Å². The van der Waals surface area contributed by atoms with Gasteiger partial charge in [0.15, 0.2) is 0 Å². The lowest BCUT2D eigenvalue weighted by Gasteiger charge is -2.34. The van der Waals surface area contributed by atoms with Crippen LogP contribution in [-0.2, 0) is 19.1 Å². The summed E-state index contributed by atoms with van der Waals surface area (Å²) >= 11 is 0. The lowest BCUT2D eigenvalue weighted by Crippen LogP contribution is -2.44. The number of hydrogen-bond acceptors (Lipinski definition) is 7. The zero-order valence-corrected chi connectivity index (χ0v) is 15.1. The molecule has 7 nitrogen and oxygen atoms in total. The highest BCUT2D eigenvalue weighted by Gasteiger charge is 2.58. The van der Waals surface area contributed by atoms with E-state index in [4.69, 9.17) is 14.6 Å². The van der Waals surface area contributed by atoms with Crippen LogP contribution in [0.1, 0.15) is 13.3 Å². The monoisotopic (exact) mass is 376 g/mol. The third kappa shape index (κ3) is 3.26. The third-order valence-corrected chi connectivity index (χ3v) is 5.68. The molecular formula is C20H24O7. The molecule has 1 saturated carbocycles. The molecule has 2 aliphatic carbocycles. The normalized spacial score (nSPS) is 38.3. The molecule has 146 valence electrons. The summed E-state index contributed by atoms with van der Waals surface area (Å²) in [7, 11) is 0. The zero-order valence-electron chi connectivity index (χ0n) is 15.1. The van der Waals surface area contributed by atoms with Crippen molar-refractivity contribution in [2.24, 2.45) is 17.8 Å². The molecular weight excluding hydrogens is 352 g/mol. The van der Waals surface area contributed by atoms with Crippen LogP contribution in [0.5, 0.6) is 0 Å². The molecule has 0 amide bonds. The van der Waals surface area contributed by atoms with Crippen LogP contribution in [-0.4, -0.2) is 58.3 Å². The van der Waals surface area contributed by atoms with Crippen molar-refractivity contribution < 1.29 is 34.4 Å². The SMILES string of the molecule is C=C1C(=O)O[C@H]2[C@H]1[C@H](OC(=O)/C(=C/CO)CO)CC(=C)[C@@H]1C=C[C@](C)(O)[C@H]21. The number of allylic oxidation sites excluding steroid dienone is 1. The summed E-state index contributed by atoms with van der Waals surface area (Å²) in [6.07, 6.45) is 3.46. The molecule has 6 atom stereocenters.